The molecule has 2 aliphatic rings. The molecule has 0 bridgehead atoms. The number of aliphatic imine (C=N–C) groups is 1. The molecule has 35 heavy (non-hydrogen) atoms. The van der Waals surface area contributed by atoms with Gasteiger partial charge in [-0.25, -0.2) is 9.59 Å². The van der Waals surface area contributed by atoms with Crippen LogP contribution in [0, 0.1) is 0 Å². The summed E-state index contributed by atoms with van der Waals surface area (Å²) in [5, 5.41) is 2.91. The van der Waals surface area contributed by atoms with Gasteiger partial charge >= 0.3 is 6.03 Å². The van der Waals surface area contributed by atoms with Crippen LogP contribution in [0.2, 0.25) is 0 Å². The minimum absolute atomic E-state index is 0. The quantitative estimate of drug-likeness (QED) is 0.316. The third-order valence-electron chi connectivity index (χ3n) is 5.43. The first kappa shape index (κ1) is 31.0. The molecule has 2 fully saturated rings. The van der Waals surface area contributed by atoms with Gasteiger partial charge in [0.1, 0.15) is 0 Å². The molecule has 0 spiro atoms. The Morgan fingerprint density at radius 1 is 0.857 bits per heavy atom. The fraction of sp³-hybridized carbons (Fsp3) is 0.462. The van der Waals surface area contributed by atoms with E-state index in [-0.39, 0.29) is 13.5 Å². The van der Waals surface area contributed by atoms with Gasteiger partial charge in [0.05, 0.1) is 5.69 Å². The zero-order valence-corrected chi connectivity index (χ0v) is 23.0. The standard InChI is InChI=1S/C12H16BrN3O.C7H4BrNO.C6H13N.CH4/c1-15-5-7-16(8-6-15)12(17)14-11-4-2-3-10(13)9-11;8-6-2-1-3-7(4-6)9-5-10;1-7-5-3-2-4-6-7;/h2-4,9H,5-8H2,1H3,(H,14,17);1-4H;2-6H2,1H3;1H4. The zero-order chi connectivity index (χ0) is 24.8. The van der Waals surface area contributed by atoms with Gasteiger partial charge in [0.15, 0.2) is 0 Å². The first-order chi connectivity index (χ1) is 16.4. The number of piperidine rings is 1. The van der Waals surface area contributed by atoms with E-state index in [9.17, 15) is 9.59 Å². The number of urea groups is 1. The number of likely N-dealkylation sites (N-methyl/N-ethyl adjacent to an activating group) is 1. The normalized spacial score (nSPS) is 15.7. The summed E-state index contributed by atoms with van der Waals surface area (Å²) in [5.41, 5.74) is 1.44. The molecule has 2 aromatic carbocycles. The molecule has 2 aliphatic heterocycles. The van der Waals surface area contributed by atoms with Crippen LogP contribution in [-0.4, -0.2) is 80.2 Å². The monoisotopic (exact) mass is 609 g/mol. The van der Waals surface area contributed by atoms with Crippen molar-refractivity contribution in [2.45, 2.75) is 26.7 Å². The third kappa shape index (κ3) is 13.0. The number of likely N-dealkylation sites (tertiary alicyclic amines) is 1. The van der Waals surface area contributed by atoms with Crippen molar-refractivity contribution in [2.75, 3.05) is 58.7 Å². The Bertz CT molecular complexity index is 939. The largest absolute Gasteiger partial charge is 0.322 e. The zero-order valence-electron chi connectivity index (χ0n) is 19.8. The molecule has 4 rings (SSSR count). The highest BCUT2D eigenvalue weighted by Gasteiger charge is 2.18. The molecule has 2 aromatic rings. The smallest absolute Gasteiger partial charge is 0.321 e. The number of hydrogen-bond donors (Lipinski definition) is 1. The molecule has 0 saturated carbocycles. The van der Waals surface area contributed by atoms with Crippen LogP contribution in [-0.2, 0) is 4.79 Å². The van der Waals surface area contributed by atoms with E-state index in [1.807, 2.05) is 35.2 Å². The summed E-state index contributed by atoms with van der Waals surface area (Å²) in [4.78, 5) is 31.6. The van der Waals surface area contributed by atoms with Crippen molar-refractivity contribution in [3.63, 3.8) is 0 Å². The third-order valence-corrected chi connectivity index (χ3v) is 6.42. The number of amides is 2. The van der Waals surface area contributed by atoms with Crippen molar-refractivity contribution in [2.24, 2.45) is 4.99 Å². The number of carbonyl (C=O) groups excluding carboxylic acids is 2. The van der Waals surface area contributed by atoms with E-state index in [1.165, 1.54) is 38.4 Å². The van der Waals surface area contributed by atoms with Crippen molar-refractivity contribution in [1.29, 1.82) is 0 Å². The van der Waals surface area contributed by atoms with Crippen molar-refractivity contribution >= 4 is 55.3 Å². The van der Waals surface area contributed by atoms with Crippen LogP contribution in [0.4, 0.5) is 16.2 Å². The topological polar surface area (TPSA) is 68.2 Å². The Labute approximate surface area is 226 Å². The number of anilines is 1. The lowest BCUT2D eigenvalue weighted by Crippen LogP contribution is -2.48. The van der Waals surface area contributed by atoms with E-state index in [4.69, 9.17) is 0 Å². The van der Waals surface area contributed by atoms with Crippen LogP contribution in [0.3, 0.4) is 0 Å². The number of rotatable bonds is 2. The Morgan fingerprint density at radius 2 is 1.43 bits per heavy atom. The highest BCUT2D eigenvalue weighted by molar-refractivity contribution is 9.10. The second kappa shape index (κ2) is 17.4. The molecule has 0 unspecified atom stereocenters. The van der Waals surface area contributed by atoms with Gasteiger partial charge in [0.25, 0.3) is 0 Å². The van der Waals surface area contributed by atoms with Gasteiger partial charge in [-0.05, 0) is 76.4 Å². The molecule has 1 N–H and O–H groups in total. The Balaban J connectivity index is 0.000000289. The van der Waals surface area contributed by atoms with Crippen LogP contribution >= 0.6 is 31.9 Å². The molecule has 0 atom stereocenters. The fourth-order valence-corrected chi connectivity index (χ4v) is 4.22. The molecule has 192 valence electrons. The summed E-state index contributed by atoms with van der Waals surface area (Å²) in [7, 11) is 4.27. The summed E-state index contributed by atoms with van der Waals surface area (Å²) in [6, 6.07) is 14.8. The van der Waals surface area contributed by atoms with Gasteiger partial charge in [-0.3, -0.25) is 0 Å². The first-order valence-electron chi connectivity index (χ1n) is 11.4. The molecule has 0 aliphatic carbocycles. The van der Waals surface area contributed by atoms with E-state index in [0.29, 0.717) is 5.69 Å². The van der Waals surface area contributed by atoms with E-state index in [0.717, 1.165) is 40.8 Å². The average molecular weight is 611 g/mol. The molecular weight excluding hydrogens is 574 g/mol. The van der Waals surface area contributed by atoms with E-state index >= 15 is 0 Å². The minimum atomic E-state index is -0.0174. The summed E-state index contributed by atoms with van der Waals surface area (Å²) < 4.78 is 1.87. The second-order valence-electron chi connectivity index (χ2n) is 8.28. The molecule has 0 aromatic heterocycles. The van der Waals surface area contributed by atoms with Gasteiger partial charge < -0.3 is 20.0 Å². The van der Waals surface area contributed by atoms with Crippen LogP contribution < -0.4 is 5.32 Å². The number of carbonyl (C=O) groups is 1. The van der Waals surface area contributed by atoms with Gasteiger partial charge in [-0.1, -0.05) is 57.8 Å². The molecule has 2 saturated heterocycles. The molecule has 2 amide bonds. The predicted molar refractivity (Wildman–Crippen MR) is 152 cm³/mol. The van der Waals surface area contributed by atoms with E-state index in [2.05, 4.69) is 66.1 Å². The van der Waals surface area contributed by atoms with Crippen molar-refractivity contribution in [1.82, 2.24) is 14.7 Å². The fourth-order valence-electron chi connectivity index (χ4n) is 3.43. The number of nitrogens with zero attached hydrogens (tertiary/aromatic N) is 4. The molecule has 0 radical (unpaired) electrons. The van der Waals surface area contributed by atoms with Crippen molar-refractivity contribution < 1.29 is 9.59 Å². The van der Waals surface area contributed by atoms with Crippen molar-refractivity contribution in [3.8, 4) is 0 Å². The highest BCUT2D eigenvalue weighted by Crippen LogP contribution is 2.17. The first-order valence-corrected chi connectivity index (χ1v) is 13.0. The van der Waals surface area contributed by atoms with Gasteiger partial charge in [0.2, 0.25) is 6.08 Å². The average Bonchev–Trinajstić information content (AvgIpc) is 2.81. The summed E-state index contributed by atoms with van der Waals surface area (Å²) in [6.45, 7) is 6.09. The summed E-state index contributed by atoms with van der Waals surface area (Å²) >= 11 is 6.63. The predicted octanol–water partition coefficient (Wildman–Crippen LogP) is 6.38. The molecule has 9 heteroatoms. The van der Waals surface area contributed by atoms with Crippen LogP contribution in [0.25, 0.3) is 0 Å². The number of isocyanates is 1. The van der Waals surface area contributed by atoms with Gasteiger partial charge in [-0.15, -0.1) is 0 Å². The summed E-state index contributed by atoms with van der Waals surface area (Å²) in [6.07, 6.45) is 5.74. The van der Waals surface area contributed by atoms with Crippen molar-refractivity contribution in [3.05, 3.63) is 57.5 Å². The lowest BCUT2D eigenvalue weighted by Gasteiger charge is -2.32. The van der Waals surface area contributed by atoms with Crippen LogP contribution in [0.1, 0.15) is 26.7 Å². The van der Waals surface area contributed by atoms with Crippen LogP contribution in [0.15, 0.2) is 62.5 Å². The molecule has 2 heterocycles. The lowest BCUT2D eigenvalue weighted by molar-refractivity contribution is 0.164. The lowest BCUT2D eigenvalue weighted by atomic mass is 10.1. The summed E-state index contributed by atoms with van der Waals surface area (Å²) in [5.74, 6) is 0. The molecular formula is C26H37Br2N5O2. The Morgan fingerprint density at radius 3 is 1.94 bits per heavy atom. The highest BCUT2D eigenvalue weighted by atomic mass is 79.9. The number of benzene rings is 2. The Kier molecular flexibility index (Phi) is 15.4. The maximum absolute atomic E-state index is 12.0. The number of piperazine rings is 1. The van der Waals surface area contributed by atoms with Gasteiger partial charge in [0, 0.05) is 40.8 Å². The second-order valence-corrected chi connectivity index (χ2v) is 10.1. The maximum Gasteiger partial charge on any atom is 0.321 e. The van der Waals surface area contributed by atoms with E-state index in [1.54, 1.807) is 18.2 Å². The minimum Gasteiger partial charge on any atom is -0.322 e. The maximum atomic E-state index is 12.0. The Hall–Kier alpha value is -2.03. The van der Waals surface area contributed by atoms with Gasteiger partial charge in [-0.2, -0.15) is 4.99 Å². The SMILES string of the molecule is C.CN1CCCCC1.CN1CCN(C(=O)Nc2cccc(Br)c2)CC1.O=C=Nc1cccc(Br)c1. The number of hydrogen-bond acceptors (Lipinski definition) is 5. The van der Waals surface area contributed by atoms with Crippen LogP contribution in [0.5, 0.6) is 0 Å². The number of halogens is 2. The van der Waals surface area contributed by atoms with E-state index < -0.39 is 0 Å². The number of nitrogens with one attached hydrogen (secondary N) is 1. The molecule has 7 nitrogen and oxygen atoms in total.